The minimum absolute atomic E-state index is 0.170. The van der Waals surface area contributed by atoms with Gasteiger partial charge in [-0.05, 0) is 79.4 Å². The van der Waals surface area contributed by atoms with Crippen molar-refractivity contribution in [3.8, 4) is 11.5 Å². The largest absolute Gasteiger partial charge is 0.494 e. The molecule has 4 aromatic rings. The van der Waals surface area contributed by atoms with E-state index in [-0.39, 0.29) is 23.6 Å². The fraction of sp³-hybridized carbons (Fsp3) is 0.222. The average molecular weight is 561 g/mol. The van der Waals surface area contributed by atoms with E-state index in [0.29, 0.717) is 24.5 Å². The monoisotopic (exact) mass is 560 g/mol. The van der Waals surface area contributed by atoms with E-state index >= 15 is 0 Å². The fourth-order valence-corrected chi connectivity index (χ4v) is 4.73. The van der Waals surface area contributed by atoms with Crippen molar-refractivity contribution in [2.24, 2.45) is 0 Å². The summed E-state index contributed by atoms with van der Waals surface area (Å²) >= 11 is 0. The van der Waals surface area contributed by atoms with Gasteiger partial charge in [0.1, 0.15) is 5.75 Å². The summed E-state index contributed by atoms with van der Waals surface area (Å²) in [4.78, 5) is 28.2. The molecule has 1 unspecified atom stereocenters. The number of nitrogens with zero attached hydrogens (tertiary/aromatic N) is 1. The van der Waals surface area contributed by atoms with E-state index in [2.05, 4.69) is 12.2 Å². The van der Waals surface area contributed by atoms with Crippen LogP contribution in [0.4, 0.5) is 5.69 Å². The Balaban J connectivity index is 1.26. The summed E-state index contributed by atoms with van der Waals surface area (Å²) in [6.45, 7) is 7.26. The maximum atomic E-state index is 13.5. The van der Waals surface area contributed by atoms with Gasteiger partial charge in [0.2, 0.25) is 0 Å². The van der Waals surface area contributed by atoms with Gasteiger partial charge in [0, 0.05) is 5.56 Å². The van der Waals surface area contributed by atoms with Crippen molar-refractivity contribution in [2.75, 3.05) is 11.5 Å². The molecule has 2 amide bonds. The van der Waals surface area contributed by atoms with Crippen LogP contribution in [-0.4, -0.2) is 18.4 Å². The molecular weight excluding hydrogens is 524 g/mol. The highest BCUT2D eigenvalue weighted by molar-refractivity contribution is 6.09. The van der Waals surface area contributed by atoms with Gasteiger partial charge in [-0.3, -0.25) is 14.5 Å². The smallest absolute Gasteiger partial charge is 0.294 e. The Morgan fingerprint density at radius 1 is 0.952 bits per heavy atom. The number of hydrogen-bond acceptors (Lipinski definition) is 4. The zero-order valence-electron chi connectivity index (χ0n) is 24.3. The third kappa shape index (κ3) is 6.89. The topological polar surface area (TPSA) is 67.9 Å². The van der Waals surface area contributed by atoms with Gasteiger partial charge in [-0.25, -0.2) is 0 Å². The summed E-state index contributed by atoms with van der Waals surface area (Å²) in [6, 6.07) is 30.5. The highest BCUT2D eigenvalue weighted by atomic mass is 16.5. The average Bonchev–Trinajstić information content (AvgIpc) is 3.01. The Morgan fingerprint density at radius 2 is 1.67 bits per heavy atom. The number of ether oxygens (including phenoxy) is 2. The highest BCUT2D eigenvalue weighted by Crippen LogP contribution is 2.36. The van der Waals surface area contributed by atoms with Crippen molar-refractivity contribution in [1.29, 1.82) is 0 Å². The molecular formula is C36H36N2O4. The zero-order chi connectivity index (χ0) is 29.5. The maximum Gasteiger partial charge on any atom is 0.294 e. The molecule has 6 nitrogen and oxygen atoms in total. The second-order valence-electron chi connectivity index (χ2n) is 10.5. The van der Waals surface area contributed by atoms with Crippen LogP contribution in [0.2, 0.25) is 0 Å². The first-order valence-electron chi connectivity index (χ1n) is 14.4. The first-order valence-corrected chi connectivity index (χ1v) is 14.4. The highest BCUT2D eigenvalue weighted by Gasteiger charge is 2.30. The Labute approximate surface area is 247 Å². The molecule has 1 aliphatic rings. The quantitative estimate of drug-likeness (QED) is 0.160. The van der Waals surface area contributed by atoms with Crippen LogP contribution in [0.15, 0.2) is 103 Å². The molecule has 0 radical (unpaired) electrons. The SMILES string of the molecule is CCCCOc1ccc(C(C)NC(=O)c2ccc(/C=C3/Oc4ccccc4N(Cc4ccc(C)cc4)C3=O)cc2)cc1. The molecule has 4 aromatic carbocycles. The molecule has 1 aliphatic heterocycles. The van der Waals surface area contributed by atoms with Gasteiger partial charge in [-0.1, -0.05) is 79.6 Å². The van der Waals surface area contributed by atoms with Crippen LogP contribution in [0.1, 0.15) is 65.3 Å². The lowest BCUT2D eigenvalue weighted by atomic mass is 10.1. The number of amides is 2. The molecule has 1 N–H and O–H groups in total. The second kappa shape index (κ2) is 13.2. The van der Waals surface area contributed by atoms with E-state index < -0.39 is 0 Å². The molecule has 0 spiro atoms. The van der Waals surface area contributed by atoms with Gasteiger partial charge in [0.15, 0.2) is 11.5 Å². The van der Waals surface area contributed by atoms with Crippen LogP contribution >= 0.6 is 0 Å². The number of carbonyl (C=O) groups is 2. The Morgan fingerprint density at radius 3 is 2.38 bits per heavy atom. The molecule has 214 valence electrons. The number of aryl methyl sites for hydroxylation is 1. The summed E-state index contributed by atoms with van der Waals surface area (Å²) < 4.78 is 11.8. The molecule has 1 atom stereocenters. The van der Waals surface area contributed by atoms with Crippen LogP contribution in [0, 0.1) is 6.92 Å². The molecule has 0 bridgehead atoms. The lowest BCUT2D eigenvalue weighted by molar-refractivity contribution is -0.117. The van der Waals surface area contributed by atoms with Gasteiger partial charge in [-0.15, -0.1) is 0 Å². The van der Waals surface area contributed by atoms with Crippen LogP contribution in [0.25, 0.3) is 6.08 Å². The predicted octanol–water partition coefficient (Wildman–Crippen LogP) is 7.63. The number of unbranched alkanes of at least 4 members (excludes halogenated alkanes) is 1. The molecule has 0 aromatic heterocycles. The van der Waals surface area contributed by atoms with E-state index in [0.717, 1.165) is 41.0 Å². The van der Waals surface area contributed by atoms with Gasteiger partial charge >= 0.3 is 0 Å². The minimum Gasteiger partial charge on any atom is -0.494 e. The van der Waals surface area contributed by atoms with Crippen LogP contribution in [0.5, 0.6) is 11.5 Å². The van der Waals surface area contributed by atoms with Crippen molar-refractivity contribution in [2.45, 2.75) is 46.2 Å². The molecule has 6 heteroatoms. The lowest BCUT2D eigenvalue weighted by Gasteiger charge is -2.30. The number of anilines is 1. The van der Waals surface area contributed by atoms with E-state index in [4.69, 9.17) is 9.47 Å². The Bertz CT molecular complexity index is 1560. The summed E-state index contributed by atoms with van der Waals surface area (Å²) in [5, 5.41) is 3.05. The van der Waals surface area contributed by atoms with Crippen molar-refractivity contribution in [3.63, 3.8) is 0 Å². The number of rotatable bonds is 10. The first kappa shape index (κ1) is 28.7. The van der Waals surface area contributed by atoms with Crippen molar-refractivity contribution in [1.82, 2.24) is 5.32 Å². The normalized spacial score (nSPS) is 14.2. The predicted molar refractivity (Wildman–Crippen MR) is 167 cm³/mol. The van der Waals surface area contributed by atoms with Crippen LogP contribution < -0.4 is 19.7 Å². The van der Waals surface area contributed by atoms with E-state index in [1.807, 2.05) is 98.8 Å². The van der Waals surface area contributed by atoms with E-state index in [9.17, 15) is 9.59 Å². The minimum atomic E-state index is -0.216. The number of carbonyl (C=O) groups excluding carboxylic acids is 2. The lowest BCUT2D eigenvalue weighted by Crippen LogP contribution is -2.36. The summed E-state index contributed by atoms with van der Waals surface area (Å²) in [6.07, 6.45) is 3.83. The van der Waals surface area contributed by atoms with Crippen molar-refractivity contribution in [3.05, 3.63) is 131 Å². The van der Waals surface area contributed by atoms with Gasteiger partial charge in [-0.2, -0.15) is 0 Å². The molecule has 0 aliphatic carbocycles. The number of nitrogens with one attached hydrogen (secondary N) is 1. The maximum absolute atomic E-state index is 13.5. The second-order valence-corrected chi connectivity index (χ2v) is 10.5. The molecule has 1 heterocycles. The fourth-order valence-electron chi connectivity index (χ4n) is 4.73. The van der Waals surface area contributed by atoms with Crippen LogP contribution in [-0.2, 0) is 11.3 Å². The van der Waals surface area contributed by atoms with Gasteiger partial charge < -0.3 is 14.8 Å². The standard InChI is InChI=1S/C36H36N2O4/c1-4-5-22-41-31-20-18-29(19-21-31)26(3)37-35(39)30-16-14-27(15-17-30)23-34-36(40)38(24-28-12-10-25(2)11-13-28)32-8-6-7-9-33(32)42-34/h6-21,23,26H,4-5,22,24H2,1-3H3,(H,37,39)/b34-23+. The number of hydrogen-bond donors (Lipinski definition) is 1. The molecule has 5 rings (SSSR count). The third-order valence-electron chi connectivity index (χ3n) is 7.26. The van der Waals surface area contributed by atoms with Crippen LogP contribution in [0.3, 0.4) is 0 Å². The third-order valence-corrected chi connectivity index (χ3v) is 7.26. The summed E-state index contributed by atoms with van der Waals surface area (Å²) in [7, 11) is 0. The molecule has 42 heavy (non-hydrogen) atoms. The molecule has 0 saturated carbocycles. The molecule has 0 saturated heterocycles. The van der Waals surface area contributed by atoms with Crippen molar-refractivity contribution < 1.29 is 19.1 Å². The van der Waals surface area contributed by atoms with E-state index in [1.54, 1.807) is 23.1 Å². The van der Waals surface area contributed by atoms with Crippen molar-refractivity contribution >= 4 is 23.6 Å². The number of fused-ring (bicyclic) bond motifs is 1. The van der Waals surface area contributed by atoms with E-state index in [1.165, 1.54) is 5.56 Å². The summed E-state index contributed by atoms with van der Waals surface area (Å²) in [5.74, 6) is 1.30. The number of benzene rings is 4. The van der Waals surface area contributed by atoms with Gasteiger partial charge in [0.25, 0.3) is 11.8 Å². The van der Waals surface area contributed by atoms with Gasteiger partial charge in [0.05, 0.1) is 24.9 Å². The summed E-state index contributed by atoms with van der Waals surface area (Å²) in [5.41, 5.74) is 5.23. The zero-order valence-corrected chi connectivity index (χ0v) is 24.3. The molecule has 0 fully saturated rings. The Kier molecular flexibility index (Phi) is 9.02. The number of para-hydroxylation sites is 2. The Hall–Kier alpha value is -4.84. The first-order chi connectivity index (χ1) is 20.4.